The quantitative estimate of drug-likeness (QED) is 0.599. The van der Waals surface area contributed by atoms with Crippen LogP contribution in [0.1, 0.15) is 11.1 Å². The molecule has 0 fully saturated rings. The summed E-state index contributed by atoms with van der Waals surface area (Å²) in [6, 6.07) is 6.24. The lowest BCUT2D eigenvalue weighted by Gasteiger charge is -2.05. The van der Waals surface area contributed by atoms with Crippen LogP contribution in [-0.4, -0.2) is 15.3 Å². The van der Waals surface area contributed by atoms with E-state index in [0.29, 0.717) is 6.54 Å². The summed E-state index contributed by atoms with van der Waals surface area (Å²) in [7, 11) is 0. The van der Waals surface area contributed by atoms with Crippen molar-refractivity contribution in [1.82, 2.24) is 0 Å². The van der Waals surface area contributed by atoms with Crippen LogP contribution in [-0.2, 0) is 11.3 Å². The molecule has 4 nitrogen and oxygen atoms in total. The maximum absolute atomic E-state index is 8.78. The van der Waals surface area contributed by atoms with Crippen molar-refractivity contribution in [2.24, 2.45) is 5.14 Å². The number of hydrogen-bond acceptors (Lipinski definition) is 3. The zero-order chi connectivity index (χ0) is 12.6. The van der Waals surface area contributed by atoms with Gasteiger partial charge in [0.2, 0.25) is 0 Å². The Bertz CT molecular complexity index is 395. The maximum Gasteiger partial charge on any atom is 0.0763 e. The zero-order valence-corrected chi connectivity index (χ0v) is 10.1. The molecule has 1 aromatic rings. The average Bonchev–Trinajstić information content (AvgIpc) is 2.19. The van der Waals surface area contributed by atoms with Crippen molar-refractivity contribution in [2.75, 3.05) is 11.9 Å². The SMILES string of the molecule is C#CCNc1ccc(C)c(C)c1.NS(=O)[O-]. The minimum Gasteiger partial charge on any atom is -0.760 e. The number of nitrogens with two attached hydrogens (primary N) is 1. The molecule has 1 aromatic carbocycles. The van der Waals surface area contributed by atoms with Gasteiger partial charge in [-0.15, -0.1) is 6.42 Å². The molecule has 0 aliphatic carbocycles. The normalized spacial score (nSPS) is 10.7. The molecule has 1 rings (SSSR count). The first-order chi connectivity index (χ1) is 7.47. The number of nitrogens with one attached hydrogen (secondary N) is 1. The fourth-order valence-electron chi connectivity index (χ4n) is 1.00. The fraction of sp³-hybridized carbons (Fsp3) is 0.273. The number of terminal acetylenes is 1. The van der Waals surface area contributed by atoms with E-state index in [9.17, 15) is 0 Å². The maximum atomic E-state index is 8.78. The number of rotatable bonds is 2. The van der Waals surface area contributed by atoms with Crippen molar-refractivity contribution in [3.63, 3.8) is 0 Å². The average molecular weight is 239 g/mol. The first-order valence-corrected chi connectivity index (χ1v) is 5.69. The third-order valence-electron chi connectivity index (χ3n) is 1.90. The van der Waals surface area contributed by atoms with E-state index in [1.807, 2.05) is 6.07 Å². The van der Waals surface area contributed by atoms with Crippen molar-refractivity contribution in [1.29, 1.82) is 0 Å². The van der Waals surface area contributed by atoms with Crippen LogP contribution in [0.3, 0.4) is 0 Å². The second-order valence-corrected chi connectivity index (χ2v) is 3.64. The Morgan fingerprint density at radius 1 is 1.50 bits per heavy atom. The topological polar surface area (TPSA) is 78.2 Å². The Balaban J connectivity index is 0.000000487. The van der Waals surface area contributed by atoms with E-state index >= 15 is 0 Å². The highest BCUT2D eigenvalue weighted by atomic mass is 32.2. The smallest absolute Gasteiger partial charge is 0.0763 e. The van der Waals surface area contributed by atoms with Crippen molar-refractivity contribution < 1.29 is 8.76 Å². The fourth-order valence-corrected chi connectivity index (χ4v) is 1.00. The third-order valence-corrected chi connectivity index (χ3v) is 1.90. The molecule has 0 aromatic heterocycles. The Hall–Kier alpha value is -1.35. The molecule has 0 aliphatic rings. The van der Waals surface area contributed by atoms with E-state index in [2.05, 4.69) is 42.4 Å². The van der Waals surface area contributed by atoms with Crippen LogP contribution < -0.4 is 10.5 Å². The van der Waals surface area contributed by atoms with Gasteiger partial charge in [0.1, 0.15) is 0 Å². The molecule has 0 saturated heterocycles. The highest BCUT2D eigenvalue weighted by Gasteiger charge is 1.93. The van der Waals surface area contributed by atoms with E-state index in [-0.39, 0.29) is 0 Å². The standard InChI is InChI=1S/C11H13N.H3NO2S/c1-4-7-12-11-6-5-9(2)10(3)8-11;1-4(2)3/h1,5-6,8,12H,7H2,2-3H3;1H2,(H,2,3)/p-1. The van der Waals surface area contributed by atoms with E-state index in [1.54, 1.807) is 0 Å². The zero-order valence-electron chi connectivity index (χ0n) is 9.32. The Morgan fingerprint density at radius 3 is 2.50 bits per heavy atom. The molecule has 0 amide bonds. The number of aryl methyl sites for hydroxylation is 2. The Labute approximate surface area is 98.7 Å². The molecule has 0 heterocycles. The van der Waals surface area contributed by atoms with Crippen LogP contribution in [0.15, 0.2) is 18.2 Å². The molecule has 88 valence electrons. The lowest BCUT2D eigenvalue weighted by Crippen LogP contribution is -1.98. The van der Waals surface area contributed by atoms with Gasteiger partial charge >= 0.3 is 0 Å². The van der Waals surface area contributed by atoms with Crippen molar-refractivity contribution in [3.8, 4) is 12.3 Å². The van der Waals surface area contributed by atoms with Gasteiger partial charge in [0.25, 0.3) is 0 Å². The van der Waals surface area contributed by atoms with Crippen molar-refractivity contribution >= 4 is 17.0 Å². The van der Waals surface area contributed by atoms with Gasteiger partial charge in [0.15, 0.2) is 0 Å². The molecule has 1 atom stereocenters. The van der Waals surface area contributed by atoms with Gasteiger partial charge in [0.05, 0.1) is 6.54 Å². The van der Waals surface area contributed by atoms with Gasteiger partial charge in [0, 0.05) is 17.0 Å². The van der Waals surface area contributed by atoms with Crippen molar-refractivity contribution in [3.05, 3.63) is 29.3 Å². The molecule has 0 spiro atoms. The second-order valence-electron chi connectivity index (χ2n) is 3.12. The highest BCUT2D eigenvalue weighted by Crippen LogP contribution is 2.13. The summed E-state index contributed by atoms with van der Waals surface area (Å²) in [5, 5.41) is 7.15. The van der Waals surface area contributed by atoms with Crippen LogP contribution in [0.4, 0.5) is 5.69 Å². The molecular weight excluding hydrogens is 224 g/mol. The van der Waals surface area contributed by atoms with Gasteiger partial charge < -0.3 is 9.87 Å². The molecule has 1 unspecified atom stereocenters. The van der Waals surface area contributed by atoms with Crippen LogP contribution in [0.25, 0.3) is 0 Å². The summed E-state index contributed by atoms with van der Waals surface area (Å²) in [6.45, 7) is 4.78. The lowest BCUT2D eigenvalue weighted by molar-refractivity contribution is 0.539. The van der Waals surface area contributed by atoms with Gasteiger partial charge in [-0.05, 0) is 37.1 Å². The lowest BCUT2D eigenvalue weighted by atomic mass is 10.1. The van der Waals surface area contributed by atoms with E-state index < -0.39 is 11.3 Å². The van der Waals surface area contributed by atoms with Crippen LogP contribution >= 0.6 is 0 Å². The summed E-state index contributed by atoms with van der Waals surface area (Å²) in [6.07, 6.45) is 5.13. The van der Waals surface area contributed by atoms with Gasteiger partial charge in [-0.25, -0.2) is 0 Å². The Morgan fingerprint density at radius 2 is 2.06 bits per heavy atom. The van der Waals surface area contributed by atoms with Gasteiger partial charge in [-0.1, -0.05) is 12.0 Å². The molecule has 3 N–H and O–H groups in total. The van der Waals surface area contributed by atoms with Crippen molar-refractivity contribution in [2.45, 2.75) is 13.8 Å². The van der Waals surface area contributed by atoms with E-state index in [0.717, 1.165) is 5.69 Å². The molecule has 16 heavy (non-hydrogen) atoms. The van der Waals surface area contributed by atoms with Gasteiger partial charge in [-0.2, -0.15) is 0 Å². The first kappa shape index (κ1) is 14.6. The predicted octanol–water partition coefficient (Wildman–Crippen LogP) is 1.09. The minimum atomic E-state index is -2.36. The van der Waals surface area contributed by atoms with E-state index in [4.69, 9.17) is 15.2 Å². The van der Waals surface area contributed by atoms with Crippen LogP contribution in [0, 0.1) is 26.2 Å². The predicted molar refractivity (Wildman–Crippen MR) is 66.3 cm³/mol. The summed E-state index contributed by atoms with van der Waals surface area (Å²) in [4.78, 5) is 0. The summed E-state index contributed by atoms with van der Waals surface area (Å²) in [5.41, 5.74) is 3.69. The highest BCUT2D eigenvalue weighted by molar-refractivity contribution is 7.76. The molecule has 0 radical (unpaired) electrons. The molecule has 5 heteroatoms. The molecular formula is C11H15N2O2S-. The number of anilines is 1. The molecule has 0 bridgehead atoms. The van der Waals surface area contributed by atoms with E-state index in [1.165, 1.54) is 11.1 Å². The molecule has 0 aliphatic heterocycles. The monoisotopic (exact) mass is 239 g/mol. The Kier molecular flexibility index (Phi) is 7.21. The van der Waals surface area contributed by atoms with Crippen LogP contribution in [0.2, 0.25) is 0 Å². The number of benzene rings is 1. The molecule has 0 saturated carbocycles. The largest absolute Gasteiger partial charge is 0.760 e. The summed E-state index contributed by atoms with van der Waals surface area (Å²) < 4.78 is 17.6. The third kappa shape index (κ3) is 7.01. The summed E-state index contributed by atoms with van der Waals surface area (Å²) in [5.74, 6) is 2.54. The second kappa shape index (κ2) is 7.88. The number of hydrogen-bond donors (Lipinski definition) is 2. The van der Waals surface area contributed by atoms with Crippen LogP contribution in [0.5, 0.6) is 0 Å². The first-order valence-electron chi connectivity index (χ1n) is 4.55. The summed E-state index contributed by atoms with van der Waals surface area (Å²) >= 11 is -2.36. The minimum absolute atomic E-state index is 0.586. The van der Waals surface area contributed by atoms with Gasteiger partial charge in [-0.3, -0.25) is 9.35 Å².